The highest BCUT2D eigenvalue weighted by Crippen LogP contribution is 2.36. The van der Waals surface area contributed by atoms with Crippen molar-refractivity contribution in [3.63, 3.8) is 0 Å². The highest BCUT2D eigenvalue weighted by atomic mass is 16.7. The zero-order chi connectivity index (χ0) is 16.4. The molecular formula is C18H16N2O4. The van der Waals surface area contributed by atoms with Crippen molar-refractivity contribution in [2.75, 3.05) is 6.79 Å². The second-order valence-electron chi connectivity index (χ2n) is 5.42. The third kappa shape index (κ3) is 2.96. The molecular weight excluding hydrogens is 308 g/mol. The van der Waals surface area contributed by atoms with Gasteiger partial charge in [0.25, 0.3) is 0 Å². The Hall–Kier alpha value is -2.86. The molecule has 1 aliphatic heterocycles. The van der Waals surface area contributed by atoms with E-state index in [2.05, 4.69) is 9.97 Å². The van der Waals surface area contributed by atoms with Crippen molar-refractivity contribution in [3.8, 4) is 23.0 Å². The first kappa shape index (κ1) is 14.7. The van der Waals surface area contributed by atoms with Gasteiger partial charge in [-0.25, -0.2) is 4.98 Å². The third-order valence-electron chi connectivity index (χ3n) is 3.77. The molecule has 0 bridgehead atoms. The number of nitrogens with zero attached hydrogens (tertiary/aromatic N) is 2. The molecule has 4 rings (SSSR count). The van der Waals surface area contributed by atoms with Crippen molar-refractivity contribution >= 4 is 0 Å². The minimum absolute atomic E-state index is 0.196. The standard InChI is InChI=1S/C18H16N2O4/c1-12(21-9-14-4-2-3-7-19-14)15-10-22-18(20-15)13-5-6-16-17(8-13)24-11-23-16/h2-8,10,12H,9,11H2,1H3. The van der Waals surface area contributed by atoms with Crippen LogP contribution in [-0.4, -0.2) is 16.8 Å². The van der Waals surface area contributed by atoms with E-state index in [0.29, 0.717) is 18.2 Å². The van der Waals surface area contributed by atoms with E-state index >= 15 is 0 Å². The lowest BCUT2D eigenvalue weighted by atomic mass is 10.2. The average Bonchev–Trinajstić information content (AvgIpc) is 3.29. The van der Waals surface area contributed by atoms with Gasteiger partial charge in [0.1, 0.15) is 18.1 Å². The Kier molecular flexibility index (Phi) is 3.88. The highest BCUT2D eigenvalue weighted by molar-refractivity contribution is 5.60. The van der Waals surface area contributed by atoms with Crippen molar-refractivity contribution in [2.45, 2.75) is 19.6 Å². The van der Waals surface area contributed by atoms with Crippen LogP contribution in [0.1, 0.15) is 24.4 Å². The molecule has 24 heavy (non-hydrogen) atoms. The zero-order valence-corrected chi connectivity index (χ0v) is 13.1. The maximum atomic E-state index is 5.81. The molecule has 0 spiro atoms. The number of rotatable bonds is 5. The van der Waals surface area contributed by atoms with Gasteiger partial charge in [-0.3, -0.25) is 4.98 Å². The number of hydrogen-bond acceptors (Lipinski definition) is 6. The molecule has 1 aliphatic rings. The minimum atomic E-state index is -0.196. The number of oxazole rings is 1. The lowest BCUT2D eigenvalue weighted by molar-refractivity contribution is 0.0477. The first-order valence-corrected chi connectivity index (χ1v) is 7.66. The molecule has 0 N–H and O–H groups in total. The number of aromatic nitrogens is 2. The summed E-state index contributed by atoms with van der Waals surface area (Å²) in [4.78, 5) is 8.75. The smallest absolute Gasteiger partial charge is 0.231 e. The van der Waals surface area contributed by atoms with E-state index in [0.717, 1.165) is 22.7 Å². The summed E-state index contributed by atoms with van der Waals surface area (Å²) >= 11 is 0. The fraction of sp³-hybridized carbons (Fsp3) is 0.222. The summed E-state index contributed by atoms with van der Waals surface area (Å²) in [5, 5.41) is 0. The molecule has 0 radical (unpaired) electrons. The number of fused-ring (bicyclic) bond motifs is 1. The molecule has 1 aromatic carbocycles. The summed E-state index contributed by atoms with van der Waals surface area (Å²) in [7, 11) is 0. The van der Waals surface area contributed by atoms with E-state index in [-0.39, 0.29) is 12.9 Å². The Morgan fingerprint density at radius 3 is 2.96 bits per heavy atom. The fourth-order valence-corrected chi connectivity index (χ4v) is 2.41. The Balaban J connectivity index is 1.46. The maximum Gasteiger partial charge on any atom is 0.231 e. The second-order valence-corrected chi connectivity index (χ2v) is 5.42. The van der Waals surface area contributed by atoms with E-state index in [1.165, 1.54) is 0 Å². The molecule has 3 heterocycles. The molecule has 122 valence electrons. The monoisotopic (exact) mass is 324 g/mol. The predicted molar refractivity (Wildman–Crippen MR) is 85.5 cm³/mol. The van der Waals surface area contributed by atoms with Gasteiger partial charge >= 0.3 is 0 Å². The first-order chi connectivity index (χ1) is 11.8. The number of benzene rings is 1. The van der Waals surface area contributed by atoms with Crippen molar-refractivity contribution in [1.82, 2.24) is 9.97 Å². The van der Waals surface area contributed by atoms with Gasteiger partial charge in [0, 0.05) is 11.8 Å². The summed E-state index contributed by atoms with van der Waals surface area (Å²) in [5.41, 5.74) is 2.45. The summed E-state index contributed by atoms with van der Waals surface area (Å²) in [6.07, 6.45) is 3.17. The van der Waals surface area contributed by atoms with Gasteiger partial charge in [-0.2, -0.15) is 0 Å². The Morgan fingerprint density at radius 1 is 1.17 bits per heavy atom. The van der Waals surface area contributed by atoms with Crippen LogP contribution in [0.3, 0.4) is 0 Å². The molecule has 0 aliphatic carbocycles. The van der Waals surface area contributed by atoms with Crippen LogP contribution in [0, 0.1) is 0 Å². The van der Waals surface area contributed by atoms with Gasteiger partial charge in [0.05, 0.1) is 12.3 Å². The van der Waals surface area contributed by atoms with Crippen molar-refractivity contribution in [1.29, 1.82) is 0 Å². The SMILES string of the molecule is CC(OCc1ccccn1)c1coc(-c2ccc3c(c2)OCO3)n1. The van der Waals surface area contributed by atoms with Crippen LogP contribution >= 0.6 is 0 Å². The Morgan fingerprint density at radius 2 is 2.08 bits per heavy atom. The quantitative estimate of drug-likeness (QED) is 0.712. The van der Waals surface area contributed by atoms with Crippen LogP contribution in [0.5, 0.6) is 11.5 Å². The van der Waals surface area contributed by atoms with Gasteiger partial charge in [-0.1, -0.05) is 6.07 Å². The average molecular weight is 324 g/mol. The molecule has 0 saturated heterocycles. The maximum absolute atomic E-state index is 5.81. The molecule has 1 atom stereocenters. The fourth-order valence-electron chi connectivity index (χ4n) is 2.41. The van der Waals surface area contributed by atoms with Gasteiger partial charge in [0.2, 0.25) is 12.7 Å². The molecule has 2 aromatic heterocycles. The van der Waals surface area contributed by atoms with E-state index in [9.17, 15) is 0 Å². The number of pyridine rings is 1. The lowest BCUT2D eigenvalue weighted by Gasteiger charge is -2.09. The van der Waals surface area contributed by atoms with Crippen molar-refractivity contribution in [2.24, 2.45) is 0 Å². The van der Waals surface area contributed by atoms with Crippen LogP contribution in [0.4, 0.5) is 0 Å². The summed E-state index contributed by atoms with van der Waals surface area (Å²) in [6, 6.07) is 11.3. The summed E-state index contributed by atoms with van der Waals surface area (Å²) in [6.45, 7) is 2.60. The van der Waals surface area contributed by atoms with Gasteiger partial charge in [0.15, 0.2) is 11.5 Å². The number of ether oxygens (including phenoxy) is 3. The normalized spacial score (nSPS) is 13.9. The minimum Gasteiger partial charge on any atom is -0.454 e. The van der Waals surface area contributed by atoms with Crippen LogP contribution < -0.4 is 9.47 Å². The first-order valence-electron chi connectivity index (χ1n) is 7.66. The second kappa shape index (κ2) is 6.33. The van der Waals surface area contributed by atoms with Crippen LogP contribution in [-0.2, 0) is 11.3 Å². The third-order valence-corrected chi connectivity index (χ3v) is 3.77. The Labute approximate surface area is 139 Å². The molecule has 1 unspecified atom stereocenters. The van der Waals surface area contributed by atoms with E-state index in [1.807, 2.05) is 43.3 Å². The zero-order valence-electron chi connectivity index (χ0n) is 13.1. The largest absolute Gasteiger partial charge is 0.454 e. The van der Waals surface area contributed by atoms with Gasteiger partial charge in [-0.05, 0) is 37.3 Å². The van der Waals surface area contributed by atoms with Crippen molar-refractivity contribution in [3.05, 3.63) is 60.2 Å². The molecule has 6 nitrogen and oxygen atoms in total. The van der Waals surface area contributed by atoms with Gasteiger partial charge in [-0.15, -0.1) is 0 Å². The van der Waals surface area contributed by atoms with E-state index in [1.54, 1.807) is 12.5 Å². The van der Waals surface area contributed by atoms with Crippen molar-refractivity contribution < 1.29 is 18.6 Å². The van der Waals surface area contributed by atoms with Crippen LogP contribution in [0.25, 0.3) is 11.5 Å². The molecule has 0 fully saturated rings. The molecule has 0 saturated carbocycles. The summed E-state index contributed by atoms with van der Waals surface area (Å²) in [5.74, 6) is 1.96. The summed E-state index contributed by atoms with van der Waals surface area (Å²) < 4.78 is 22.1. The highest BCUT2D eigenvalue weighted by Gasteiger charge is 2.18. The van der Waals surface area contributed by atoms with E-state index < -0.39 is 0 Å². The Bertz CT molecular complexity index is 832. The van der Waals surface area contributed by atoms with Crippen LogP contribution in [0.2, 0.25) is 0 Å². The topological polar surface area (TPSA) is 66.6 Å². The lowest BCUT2D eigenvalue weighted by Crippen LogP contribution is -2.02. The predicted octanol–water partition coefficient (Wildman–Crippen LogP) is 3.74. The molecule has 0 amide bonds. The van der Waals surface area contributed by atoms with E-state index in [4.69, 9.17) is 18.6 Å². The molecule has 3 aromatic rings. The van der Waals surface area contributed by atoms with Crippen LogP contribution in [0.15, 0.2) is 53.3 Å². The number of hydrogen-bond donors (Lipinski definition) is 0. The molecule has 6 heteroatoms. The van der Waals surface area contributed by atoms with Gasteiger partial charge < -0.3 is 18.6 Å².